The first-order chi connectivity index (χ1) is 18.3. The number of nitrogens with one attached hydrogen (secondary N) is 1. The number of aromatic nitrogens is 2. The first-order valence-electron chi connectivity index (χ1n) is 13.9. The number of carbonyl (C=O) groups excluding carboxylic acids is 1. The lowest BCUT2D eigenvalue weighted by molar-refractivity contribution is -0.126. The van der Waals surface area contributed by atoms with Crippen LogP contribution in [0.3, 0.4) is 0 Å². The number of hydrogen-bond acceptors (Lipinski definition) is 2. The van der Waals surface area contributed by atoms with Gasteiger partial charge in [-0.15, -0.1) is 0 Å². The number of fused-ring (bicyclic) bond motifs is 1. The number of hydrogen-bond donors (Lipinski definition) is 1. The summed E-state index contributed by atoms with van der Waals surface area (Å²) in [7, 11) is 0. The zero-order valence-corrected chi connectivity index (χ0v) is 23.6. The molecule has 1 unspecified atom stereocenters. The van der Waals surface area contributed by atoms with Gasteiger partial charge in [0, 0.05) is 19.2 Å². The molecule has 4 rings (SSSR count). The molecule has 0 spiro atoms. The quantitative estimate of drug-likeness (QED) is 0.207. The molecule has 4 heteroatoms. The second kappa shape index (κ2) is 12.7. The smallest absolute Gasteiger partial charge is 0.246 e. The van der Waals surface area contributed by atoms with Crippen LogP contribution in [0.4, 0.5) is 0 Å². The summed E-state index contributed by atoms with van der Waals surface area (Å²) in [6.07, 6.45) is 5.95. The molecular formula is C34H41N3O. The van der Waals surface area contributed by atoms with Gasteiger partial charge >= 0.3 is 0 Å². The SMILES string of the molecule is CCCN(Cc1cc(-c2ccc3nc(C)[nH]c3c2)ccc1C)C(=O)/C=C(/C)CCCC(C)c1ccccc1. The van der Waals surface area contributed by atoms with E-state index >= 15 is 0 Å². The highest BCUT2D eigenvalue weighted by atomic mass is 16.2. The predicted octanol–water partition coefficient (Wildman–Crippen LogP) is 8.51. The Balaban J connectivity index is 1.42. The van der Waals surface area contributed by atoms with Crippen molar-refractivity contribution in [3.63, 3.8) is 0 Å². The van der Waals surface area contributed by atoms with Crippen molar-refractivity contribution in [1.82, 2.24) is 14.9 Å². The third kappa shape index (κ3) is 7.00. The maximum atomic E-state index is 13.3. The molecule has 0 aliphatic rings. The van der Waals surface area contributed by atoms with Crippen LogP contribution in [0.5, 0.6) is 0 Å². The fourth-order valence-corrected chi connectivity index (χ4v) is 5.09. The zero-order chi connectivity index (χ0) is 27.1. The second-order valence-electron chi connectivity index (χ2n) is 10.6. The van der Waals surface area contributed by atoms with E-state index in [1.54, 1.807) is 0 Å². The Labute approximate surface area is 227 Å². The summed E-state index contributed by atoms with van der Waals surface area (Å²) in [4.78, 5) is 23.2. The standard InChI is InChI=1S/C34H41N3O/c1-6-19-37(34(38)20-24(2)11-10-12-25(3)28-13-8-7-9-14-28)23-31-21-29(16-15-26(31)4)30-17-18-32-33(22-30)36-27(5)35-32/h7-9,13-18,20-22,25H,6,10-12,19,23H2,1-5H3,(H,35,36)/b24-20-. The molecule has 0 fully saturated rings. The minimum Gasteiger partial charge on any atom is -0.342 e. The van der Waals surface area contributed by atoms with E-state index in [-0.39, 0.29) is 5.91 Å². The highest BCUT2D eigenvalue weighted by Crippen LogP contribution is 2.27. The highest BCUT2D eigenvalue weighted by molar-refractivity contribution is 5.88. The molecule has 4 aromatic rings. The molecular weight excluding hydrogens is 466 g/mol. The van der Waals surface area contributed by atoms with Crippen LogP contribution in [0.1, 0.15) is 74.9 Å². The van der Waals surface area contributed by atoms with Crippen molar-refractivity contribution >= 4 is 16.9 Å². The van der Waals surface area contributed by atoms with Gasteiger partial charge in [0.05, 0.1) is 11.0 Å². The Hall–Kier alpha value is -3.66. The summed E-state index contributed by atoms with van der Waals surface area (Å²) in [5, 5.41) is 0. The third-order valence-electron chi connectivity index (χ3n) is 7.40. The van der Waals surface area contributed by atoms with Gasteiger partial charge in [0.25, 0.3) is 0 Å². The lowest BCUT2D eigenvalue weighted by atomic mass is 9.94. The van der Waals surface area contributed by atoms with Crippen LogP contribution >= 0.6 is 0 Å². The maximum absolute atomic E-state index is 13.3. The Morgan fingerprint density at radius 1 is 1.03 bits per heavy atom. The number of rotatable bonds is 11. The van der Waals surface area contributed by atoms with Crippen molar-refractivity contribution in [1.29, 1.82) is 0 Å². The minimum atomic E-state index is 0.111. The van der Waals surface area contributed by atoms with Crippen molar-refractivity contribution in [2.75, 3.05) is 6.54 Å². The van der Waals surface area contributed by atoms with E-state index in [1.165, 1.54) is 16.7 Å². The molecule has 38 heavy (non-hydrogen) atoms. The number of imidazole rings is 1. The first kappa shape index (κ1) is 27.4. The van der Waals surface area contributed by atoms with Crippen LogP contribution in [-0.2, 0) is 11.3 Å². The van der Waals surface area contributed by atoms with E-state index in [1.807, 2.05) is 17.9 Å². The summed E-state index contributed by atoms with van der Waals surface area (Å²) in [5.74, 6) is 1.56. The molecule has 4 nitrogen and oxygen atoms in total. The summed E-state index contributed by atoms with van der Waals surface area (Å²) in [6.45, 7) is 12.0. The van der Waals surface area contributed by atoms with Crippen LogP contribution in [0.15, 0.2) is 78.4 Å². The number of nitrogens with zero attached hydrogens (tertiary/aromatic N) is 2. The molecule has 1 aromatic heterocycles. The van der Waals surface area contributed by atoms with Gasteiger partial charge in [-0.3, -0.25) is 4.79 Å². The molecule has 0 bridgehead atoms. The Morgan fingerprint density at radius 3 is 2.53 bits per heavy atom. The Bertz CT molecular complexity index is 1400. The predicted molar refractivity (Wildman–Crippen MR) is 159 cm³/mol. The van der Waals surface area contributed by atoms with Crippen LogP contribution < -0.4 is 0 Å². The van der Waals surface area contributed by atoms with E-state index in [2.05, 4.69) is 104 Å². The average molecular weight is 508 g/mol. The van der Waals surface area contributed by atoms with E-state index in [0.29, 0.717) is 12.5 Å². The van der Waals surface area contributed by atoms with Crippen LogP contribution in [-0.4, -0.2) is 27.3 Å². The molecule has 0 radical (unpaired) electrons. The van der Waals surface area contributed by atoms with Gasteiger partial charge in [-0.2, -0.15) is 0 Å². The van der Waals surface area contributed by atoms with Gasteiger partial charge < -0.3 is 9.88 Å². The number of carbonyl (C=O) groups is 1. The summed E-state index contributed by atoms with van der Waals surface area (Å²) in [6, 6.07) is 23.6. The monoisotopic (exact) mass is 507 g/mol. The van der Waals surface area contributed by atoms with Gasteiger partial charge in [0.15, 0.2) is 0 Å². The van der Waals surface area contributed by atoms with E-state index in [4.69, 9.17) is 0 Å². The largest absolute Gasteiger partial charge is 0.342 e. The zero-order valence-electron chi connectivity index (χ0n) is 23.6. The number of aryl methyl sites for hydroxylation is 2. The normalized spacial score (nSPS) is 12.6. The Morgan fingerprint density at radius 2 is 1.76 bits per heavy atom. The van der Waals surface area contributed by atoms with Crippen molar-refractivity contribution in [3.05, 3.63) is 101 Å². The van der Waals surface area contributed by atoms with Crippen molar-refractivity contribution in [2.24, 2.45) is 0 Å². The lowest BCUT2D eigenvalue weighted by Crippen LogP contribution is -2.30. The van der Waals surface area contributed by atoms with Crippen LogP contribution in [0.2, 0.25) is 0 Å². The topological polar surface area (TPSA) is 49.0 Å². The highest BCUT2D eigenvalue weighted by Gasteiger charge is 2.14. The van der Waals surface area contributed by atoms with Crippen LogP contribution in [0.25, 0.3) is 22.2 Å². The summed E-state index contributed by atoms with van der Waals surface area (Å²) >= 11 is 0. The number of H-pyrrole nitrogens is 1. The molecule has 0 saturated heterocycles. The summed E-state index contributed by atoms with van der Waals surface area (Å²) < 4.78 is 0. The van der Waals surface area contributed by atoms with Gasteiger partial charge in [-0.05, 0) is 98.4 Å². The van der Waals surface area contributed by atoms with Gasteiger partial charge in [-0.1, -0.05) is 68.0 Å². The van der Waals surface area contributed by atoms with Crippen molar-refractivity contribution in [2.45, 2.75) is 72.8 Å². The average Bonchev–Trinajstić information content (AvgIpc) is 3.29. The second-order valence-corrected chi connectivity index (χ2v) is 10.6. The van der Waals surface area contributed by atoms with Gasteiger partial charge in [-0.25, -0.2) is 4.98 Å². The van der Waals surface area contributed by atoms with Crippen molar-refractivity contribution < 1.29 is 4.79 Å². The van der Waals surface area contributed by atoms with Crippen LogP contribution in [0, 0.1) is 13.8 Å². The Kier molecular flexibility index (Phi) is 9.17. The molecule has 3 aromatic carbocycles. The van der Waals surface area contributed by atoms with E-state index in [0.717, 1.165) is 65.8 Å². The molecule has 1 atom stereocenters. The van der Waals surface area contributed by atoms with Gasteiger partial charge in [0.1, 0.15) is 5.82 Å². The fraction of sp³-hybridized carbons (Fsp3) is 0.353. The van der Waals surface area contributed by atoms with E-state index in [9.17, 15) is 4.79 Å². The van der Waals surface area contributed by atoms with Crippen molar-refractivity contribution in [3.8, 4) is 11.1 Å². The first-order valence-corrected chi connectivity index (χ1v) is 13.9. The molecule has 0 aliphatic carbocycles. The molecule has 0 saturated carbocycles. The van der Waals surface area contributed by atoms with E-state index < -0.39 is 0 Å². The molecule has 1 heterocycles. The van der Waals surface area contributed by atoms with Gasteiger partial charge in [0.2, 0.25) is 5.91 Å². The molecule has 198 valence electrons. The molecule has 1 amide bonds. The number of aromatic amines is 1. The fourth-order valence-electron chi connectivity index (χ4n) is 5.09. The number of allylic oxidation sites excluding steroid dienone is 1. The minimum absolute atomic E-state index is 0.111. The number of amides is 1. The summed E-state index contributed by atoms with van der Waals surface area (Å²) in [5.41, 5.74) is 9.27. The number of benzene rings is 3. The molecule has 0 aliphatic heterocycles. The third-order valence-corrected chi connectivity index (χ3v) is 7.40. The maximum Gasteiger partial charge on any atom is 0.246 e. The lowest BCUT2D eigenvalue weighted by Gasteiger charge is -2.23. The molecule has 1 N–H and O–H groups in total.